The first-order valence-corrected chi connectivity index (χ1v) is 11.0. The number of anilines is 1. The van der Waals surface area contributed by atoms with Crippen molar-refractivity contribution in [1.82, 2.24) is 5.32 Å². The Morgan fingerprint density at radius 1 is 1.28 bits per heavy atom. The average molecular weight is 437 g/mol. The Hall–Kier alpha value is -2.58. The maximum Gasteiger partial charge on any atom is 0.252 e. The highest BCUT2D eigenvalue weighted by molar-refractivity contribution is 7.94. The van der Waals surface area contributed by atoms with Crippen LogP contribution >= 0.6 is 11.6 Å². The van der Waals surface area contributed by atoms with E-state index in [0.29, 0.717) is 13.0 Å². The highest BCUT2D eigenvalue weighted by Gasteiger charge is 2.42. The maximum atomic E-state index is 12.4. The molecule has 3 rings (SSSR count). The van der Waals surface area contributed by atoms with Crippen molar-refractivity contribution < 1.29 is 22.7 Å². The second-order valence-corrected chi connectivity index (χ2v) is 9.07. The topological polar surface area (TPSA) is 92.8 Å². The monoisotopic (exact) mass is 436 g/mol. The predicted molar refractivity (Wildman–Crippen MR) is 111 cm³/mol. The summed E-state index contributed by atoms with van der Waals surface area (Å²) in [5.74, 6) is -0.993. The normalized spacial score (nSPS) is 18.0. The average Bonchev–Trinajstić information content (AvgIpc) is 2.88. The van der Waals surface area contributed by atoms with Crippen molar-refractivity contribution in [3.63, 3.8) is 0 Å². The van der Waals surface area contributed by atoms with E-state index >= 15 is 0 Å². The van der Waals surface area contributed by atoms with Crippen molar-refractivity contribution in [1.29, 1.82) is 0 Å². The van der Waals surface area contributed by atoms with Crippen LogP contribution in [-0.4, -0.2) is 39.6 Å². The van der Waals surface area contributed by atoms with Gasteiger partial charge >= 0.3 is 0 Å². The Kier molecular flexibility index (Phi) is 6.14. The van der Waals surface area contributed by atoms with Crippen molar-refractivity contribution in [2.45, 2.75) is 13.3 Å². The fourth-order valence-electron chi connectivity index (χ4n) is 3.14. The number of carbonyl (C=O) groups excluding carboxylic acids is 2. The molecule has 1 aliphatic heterocycles. The molecule has 0 spiro atoms. The van der Waals surface area contributed by atoms with Crippen LogP contribution in [0.25, 0.3) is 0 Å². The van der Waals surface area contributed by atoms with Gasteiger partial charge in [0.05, 0.1) is 35.1 Å². The molecule has 9 heteroatoms. The molecule has 0 aliphatic carbocycles. The van der Waals surface area contributed by atoms with Gasteiger partial charge in [0.2, 0.25) is 15.9 Å². The molecule has 29 heavy (non-hydrogen) atoms. The van der Waals surface area contributed by atoms with Crippen LogP contribution < -0.4 is 14.4 Å². The van der Waals surface area contributed by atoms with E-state index < -0.39 is 21.8 Å². The van der Waals surface area contributed by atoms with Gasteiger partial charge in [-0.1, -0.05) is 30.7 Å². The molecule has 2 amide bonds. The van der Waals surface area contributed by atoms with Crippen molar-refractivity contribution in [3.8, 4) is 5.75 Å². The molecule has 154 valence electrons. The zero-order valence-electron chi connectivity index (χ0n) is 16.0. The molecule has 1 atom stereocenters. The molecule has 0 bridgehead atoms. The third kappa shape index (κ3) is 4.54. The second kappa shape index (κ2) is 8.42. The molecule has 1 fully saturated rings. The lowest BCUT2D eigenvalue weighted by molar-refractivity contribution is -0.119. The van der Waals surface area contributed by atoms with Crippen molar-refractivity contribution >= 4 is 39.1 Å². The van der Waals surface area contributed by atoms with Gasteiger partial charge in [-0.15, -0.1) is 0 Å². The molecule has 1 N–H and O–H groups in total. The number of sulfonamides is 1. The summed E-state index contributed by atoms with van der Waals surface area (Å²) in [7, 11) is -2.13. The van der Waals surface area contributed by atoms with Crippen LogP contribution in [0.15, 0.2) is 42.5 Å². The number of carbonyl (C=O) groups is 2. The van der Waals surface area contributed by atoms with E-state index in [1.165, 1.54) is 18.2 Å². The number of rotatable bonds is 6. The maximum absolute atomic E-state index is 12.4. The van der Waals surface area contributed by atoms with E-state index in [1.807, 2.05) is 24.3 Å². The summed E-state index contributed by atoms with van der Waals surface area (Å²) in [5, 5.41) is 2.86. The van der Waals surface area contributed by atoms with E-state index in [0.717, 1.165) is 15.6 Å². The summed E-state index contributed by atoms with van der Waals surface area (Å²) >= 11 is 6.21. The number of halogens is 1. The predicted octanol–water partition coefficient (Wildman–Crippen LogP) is 2.63. The third-order valence-electron chi connectivity index (χ3n) is 4.63. The molecule has 1 aliphatic rings. The number of amides is 2. The third-order valence-corrected chi connectivity index (χ3v) is 6.81. The molecule has 2 aromatic carbocycles. The number of methoxy groups -OCH3 is 1. The molecule has 7 nitrogen and oxygen atoms in total. The van der Waals surface area contributed by atoms with Gasteiger partial charge in [0, 0.05) is 6.54 Å². The number of ether oxygens (including phenoxy) is 1. The van der Waals surface area contributed by atoms with Gasteiger partial charge in [-0.25, -0.2) is 12.7 Å². The van der Waals surface area contributed by atoms with Gasteiger partial charge in [-0.3, -0.25) is 9.59 Å². The number of hydrogen-bond acceptors (Lipinski definition) is 5. The Morgan fingerprint density at radius 3 is 2.66 bits per heavy atom. The van der Waals surface area contributed by atoms with Crippen LogP contribution in [0.1, 0.15) is 22.8 Å². The summed E-state index contributed by atoms with van der Waals surface area (Å²) in [6.07, 6.45) is 0.608. The fraction of sp³-hybridized carbons (Fsp3) is 0.300. The Morgan fingerprint density at radius 2 is 2.03 bits per heavy atom. The van der Waals surface area contributed by atoms with Gasteiger partial charge in [0.1, 0.15) is 5.75 Å². The molecular formula is C20H21ClN2O5S. The molecule has 0 aromatic heterocycles. The molecule has 0 saturated carbocycles. The highest BCUT2D eigenvalue weighted by atomic mass is 35.5. The minimum absolute atomic E-state index is 0.0731. The lowest BCUT2D eigenvalue weighted by atomic mass is 10.1. The smallest absolute Gasteiger partial charge is 0.252 e. The molecular weight excluding hydrogens is 416 g/mol. The molecule has 0 radical (unpaired) electrons. The van der Waals surface area contributed by atoms with E-state index in [4.69, 9.17) is 16.3 Å². The number of hydrogen-bond donors (Lipinski definition) is 1. The first-order chi connectivity index (χ1) is 13.7. The van der Waals surface area contributed by atoms with Crippen molar-refractivity contribution in [2.75, 3.05) is 23.7 Å². The standard InChI is InChI=1S/C20H21ClN2O5S/c1-13-12-29(26,27)23(20(13)25)15-6-7-17(18(21)11-15)19(24)22-9-8-14-4-3-5-16(10-14)28-2/h3-7,10-11,13H,8-9,12H2,1-2H3,(H,22,24)/t13-/m1/s1. The van der Waals surface area contributed by atoms with Crippen LogP contribution in [0, 0.1) is 5.92 Å². The summed E-state index contributed by atoms with van der Waals surface area (Å²) in [5.41, 5.74) is 1.35. The van der Waals surface area contributed by atoms with Crippen LogP contribution in [0.5, 0.6) is 5.75 Å². The van der Waals surface area contributed by atoms with Crippen LogP contribution in [-0.2, 0) is 21.2 Å². The van der Waals surface area contributed by atoms with E-state index in [-0.39, 0.29) is 27.9 Å². The highest BCUT2D eigenvalue weighted by Crippen LogP contribution is 2.31. The SMILES string of the molecule is COc1cccc(CCNC(=O)c2ccc(N3C(=O)[C@H](C)CS3(=O)=O)cc2Cl)c1. The fourth-order valence-corrected chi connectivity index (χ4v) is 5.22. The lowest BCUT2D eigenvalue weighted by Crippen LogP contribution is -2.30. The number of nitrogens with zero attached hydrogens (tertiary/aromatic N) is 1. The quantitative estimate of drug-likeness (QED) is 0.751. The van der Waals surface area contributed by atoms with E-state index in [2.05, 4.69) is 5.32 Å². The van der Waals surface area contributed by atoms with Gasteiger partial charge < -0.3 is 10.1 Å². The van der Waals surface area contributed by atoms with E-state index in [1.54, 1.807) is 14.0 Å². The number of nitrogens with one attached hydrogen (secondary N) is 1. The summed E-state index contributed by atoms with van der Waals surface area (Å²) in [6, 6.07) is 11.7. The zero-order valence-corrected chi connectivity index (χ0v) is 17.6. The summed E-state index contributed by atoms with van der Waals surface area (Å²) < 4.78 is 30.3. The number of benzene rings is 2. The molecule has 1 heterocycles. The Balaban J connectivity index is 1.68. The van der Waals surface area contributed by atoms with Gasteiger partial charge in [0.25, 0.3) is 5.91 Å². The molecule has 1 saturated heterocycles. The zero-order chi connectivity index (χ0) is 21.2. The van der Waals surface area contributed by atoms with Gasteiger partial charge in [0.15, 0.2) is 0 Å². The second-order valence-electron chi connectivity index (χ2n) is 6.80. The van der Waals surface area contributed by atoms with Crippen LogP contribution in [0.2, 0.25) is 5.02 Å². The van der Waals surface area contributed by atoms with Gasteiger partial charge in [-0.05, 0) is 42.3 Å². The molecule has 2 aromatic rings. The Bertz CT molecular complexity index is 1050. The van der Waals surface area contributed by atoms with Crippen LogP contribution in [0.3, 0.4) is 0 Å². The minimum atomic E-state index is -3.72. The summed E-state index contributed by atoms with van der Waals surface area (Å²) in [6.45, 7) is 1.95. The molecule has 0 unspecified atom stereocenters. The van der Waals surface area contributed by atoms with Gasteiger partial charge in [-0.2, -0.15) is 0 Å². The first kappa shape index (κ1) is 21.1. The summed E-state index contributed by atoms with van der Waals surface area (Å²) in [4.78, 5) is 24.6. The first-order valence-electron chi connectivity index (χ1n) is 9.00. The van der Waals surface area contributed by atoms with Crippen molar-refractivity contribution in [3.05, 3.63) is 58.6 Å². The lowest BCUT2D eigenvalue weighted by Gasteiger charge is -2.16. The van der Waals surface area contributed by atoms with Crippen molar-refractivity contribution in [2.24, 2.45) is 5.92 Å². The minimum Gasteiger partial charge on any atom is -0.497 e. The van der Waals surface area contributed by atoms with E-state index in [9.17, 15) is 18.0 Å². The largest absolute Gasteiger partial charge is 0.497 e. The Labute approximate surface area is 174 Å². The van der Waals surface area contributed by atoms with Crippen LogP contribution in [0.4, 0.5) is 5.69 Å².